The number of rotatable bonds is 11. The number of anilines is 1. The second-order valence-electron chi connectivity index (χ2n) is 10.5. The third-order valence-corrected chi connectivity index (χ3v) is 6.22. The molecule has 3 rings (SSSR count). The van der Waals surface area contributed by atoms with E-state index in [9.17, 15) is 19.2 Å². The molecular formula is C27H39N5O5. The molecule has 1 aromatic heterocycles. The number of carbonyl (C=O) groups is 3. The summed E-state index contributed by atoms with van der Waals surface area (Å²) < 4.78 is 6.63. The van der Waals surface area contributed by atoms with Crippen LogP contribution in [0.2, 0.25) is 0 Å². The average Bonchev–Trinajstić information content (AvgIpc) is 2.80. The van der Waals surface area contributed by atoms with Crippen molar-refractivity contribution in [2.75, 3.05) is 18.4 Å². The smallest absolute Gasteiger partial charge is 0.407 e. The van der Waals surface area contributed by atoms with E-state index in [0.29, 0.717) is 35.5 Å². The van der Waals surface area contributed by atoms with Crippen LogP contribution in [0.1, 0.15) is 84.0 Å². The number of imide groups is 1. The maximum Gasteiger partial charge on any atom is 0.407 e. The number of piperidine rings is 1. The molecule has 1 fully saturated rings. The summed E-state index contributed by atoms with van der Waals surface area (Å²) in [5.74, 6) is -0.334. The Labute approximate surface area is 217 Å². The van der Waals surface area contributed by atoms with E-state index in [0.717, 1.165) is 38.5 Å². The Kier molecular flexibility index (Phi) is 9.66. The van der Waals surface area contributed by atoms with Crippen molar-refractivity contribution in [3.63, 3.8) is 0 Å². The SMILES string of the molecule is Cc1nc2cccc(NCCCCCCCCNC(=O)OC(C)(C)C)c2c(=O)n1C1CCC(=O)NC1=O. The van der Waals surface area contributed by atoms with Gasteiger partial charge in [-0.15, -0.1) is 0 Å². The lowest BCUT2D eigenvalue weighted by molar-refractivity contribution is -0.135. The number of nitrogens with one attached hydrogen (secondary N) is 3. The molecule has 3 amide bonds. The van der Waals surface area contributed by atoms with Gasteiger partial charge in [0.15, 0.2) is 0 Å². The lowest BCUT2D eigenvalue weighted by Crippen LogP contribution is -2.45. The summed E-state index contributed by atoms with van der Waals surface area (Å²) in [6.45, 7) is 8.56. The van der Waals surface area contributed by atoms with Gasteiger partial charge in [0.2, 0.25) is 11.8 Å². The quantitative estimate of drug-likeness (QED) is 0.306. The molecule has 2 heterocycles. The Morgan fingerprint density at radius 1 is 1.08 bits per heavy atom. The first-order valence-electron chi connectivity index (χ1n) is 13.1. The first-order valence-corrected chi connectivity index (χ1v) is 13.1. The Balaban J connectivity index is 1.47. The maximum atomic E-state index is 13.5. The number of carbonyl (C=O) groups excluding carboxylic acids is 3. The number of fused-ring (bicyclic) bond motifs is 1. The molecule has 10 nitrogen and oxygen atoms in total. The van der Waals surface area contributed by atoms with Crippen LogP contribution in [0.5, 0.6) is 0 Å². The predicted octanol–water partition coefficient (Wildman–Crippen LogP) is 3.96. The standard InChI is InChI=1S/C27H39N5O5/c1-18-30-20-13-11-12-19(23(20)25(35)32(18)21-14-15-22(33)31-24(21)34)28-16-9-7-5-6-8-10-17-29-26(36)37-27(2,3)4/h11-13,21,28H,5-10,14-17H2,1-4H3,(H,29,36)(H,31,33,34). The van der Waals surface area contributed by atoms with Gasteiger partial charge in [-0.05, 0) is 59.1 Å². The fraction of sp³-hybridized carbons (Fsp3) is 0.593. The number of unbranched alkanes of at least 4 members (excludes halogenated alkanes) is 5. The van der Waals surface area contributed by atoms with E-state index in [2.05, 4.69) is 20.9 Å². The topological polar surface area (TPSA) is 131 Å². The summed E-state index contributed by atoms with van der Waals surface area (Å²) in [6.07, 6.45) is 6.24. The van der Waals surface area contributed by atoms with Crippen LogP contribution in [-0.4, -0.2) is 46.1 Å². The number of hydrogen-bond donors (Lipinski definition) is 3. The lowest BCUT2D eigenvalue weighted by Gasteiger charge is -2.24. The van der Waals surface area contributed by atoms with Crippen molar-refractivity contribution < 1.29 is 19.1 Å². The van der Waals surface area contributed by atoms with E-state index >= 15 is 0 Å². The molecule has 1 saturated heterocycles. The van der Waals surface area contributed by atoms with Crippen molar-refractivity contribution in [2.45, 2.75) is 90.7 Å². The molecule has 1 aliphatic rings. The van der Waals surface area contributed by atoms with Crippen LogP contribution >= 0.6 is 0 Å². The first-order chi connectivity index (χ1) is 17.6. The Bertz CT molecular complexity index is 1180. The number of ether oxygens (including phenoxy) is 1. The maximum absolute atomic E-state index is 13.5. The number of amides is 3. The molecule has 0 spiro atoms. The number of benzene rings is 1. The lowest BCUT2D eigenvalue weighted by atomic mass is 10.1. The van der Waals surface area contributed by atoms with Crippen molar-refractivity contribution in [3.05, 3.63) is 34.4 Å². The minimum atomic E-state index is -0.741. The van der Waals surface area contributed by atoms with Gasteiger partial charge in [-0.3, -0.25) is 24.3 Å². The van der Waals surface area contributed by atoms with Gasteiger partial charge in [0.1, 0.15) is 17.5 Å². The molecule has 0 bridgehead atoms. The van der Waals surface area contributed by atoms with Crippen molar-refractivity contribution >= 4 is 34.5 Å². The van der Waals surface area contributed by atoms with Crippen molar-refractivity contribution in [3.8, 4) is 0 Å². The summed E-state index contributed by atoms with van der Waals surface area (Å²) in [4.78, 5) is 53.6. The van der Waals surface area contributed by atoms with Crippen molar-refractivity contribution in [2.24, 2.45) is 0 Å². The Morgan fingerprint density at radius 2 is 1.76 bits per heavy atom. The number of aryl methyl sites for hydroxylation is 1. The predicted molar refractivity (Wildman–Crippen MR) is 143 cm³/mol. The minimum Gasteiger partial charge on any atom is -0.444 e. The largest absolute Gasteiger partial charge is 0.444 e. The third kappa shape index (κ3) is 8.03. The van der Waals surface area contributed by atoms with E-state index in [1.54, 1.807) is 13.0 Å². The van der Waals surface area contributed by atoms with E-state index in [1.165, 1.54) is 4.57 Å². The van der Waals surface area contributed by atoms with Crippen LogP contribution in [0.25, 0.3) is 10.9 Å². The molecule has 3 N–H and O–H groups in total. The molecule has 1 aliphatic heterocycles. The second-order valence-corrected chi connectivity index (χ2v) is 10.5. The van der Waals surface area contributed by atoms with E-state index < -0.39 is 17.6 Å². The summed E-state index contributed by atoms with van der Waals surface area (Å²) in [5, 5.41) is 8.93. The zero-order valence-corrected chi connectivity index (χ0v) is 22.3. The summed E-state index contributed by atoms with van der Waals surface area (Å²) in [6, 6.07) is 4.77. The van der Waals surface area contributed by atoms with Crippen LogP contribution in [0.3, 0.4) is 0 Å². The molecule has 0 aliphatic carbocycles. The molecule has 1 atom stereocenters. The Morgan fingerprint density at radius 3 is 2.43 bits per heavy atom. The van der Waals surface area contributed by atoms with Crippen LogP contribution in [0.15, 0.2) is 23.0 Å². The first kappa shape index (κ1) is 28.1. The second kappa shape index (κ2) is 12.7. The molecule has 37 heavy (non-hydrogen) atoms. The molecular weight excluding hydrogens is 474 g/mol. The van der Waals surface area contributed by atoms with Gasteiger partial charge in [0, 0.05) is 25.2 Å². The van der Waals surface area contributed by atoms with Crippen molar-refractivity contribution in [1.29, 1.82) is 0 Å². The monoisotopic (exact) mass is 513 g/mol. The van der Waals surface area contributed by atoms with Crippen molar-refractivity contribution in [1.82, 2.24) is 20.2 Å². The van der Waals surface area contributed by atoms with Gasteiger partial charge in [-0.2, -0.15) is 0 Å². The van der Waals surface area contributed by atoms with E-state index in [4.69, 9.17) is 4.74 Å². The van der Waals surface area contributed by atoms with Crippen LogP contribution in [0.4, 0.5) is 10.5 Å². The number of nitrogens with zero attached hydrogens (tertiary/aromatic N) is 2. The van der Waals surface area contributed by atoms with E-state index in [-0.39, 0.29) is 30.4 Å². The highest BCUT2D eigenvalue weighted by molar-refractivity contribution is 5.99. The molecule has 1 unspecified atom stereocenters. The van der Waals surface area contributed by atoms with Crippen LogP contribution < -0.4 is 21.5 Å². The van der Waals surface area contributed by atoms with Gasteiger partial charge < -0.3 is 15.4 Å². The molecule has 2 aromatic rings. The molecule has 0 radical (unpaired) electrons. The Hall–Kier alpha value is -3.43. The molecule has 10 heteroatoms. The summed E-state index contributed by atoms with van der Waals surface area (Å²) in [5.41, 5.74) is 0.518. The highest BCUT2D eigenvalue weighted by atomic mass is 16.6. The van der Waals surface area contributed by atoms with Gasteiger partial charge in [0.25, 0.3) is 5.56 Å². The number of aromatic nitrogens is 2. The normalized spacial score (nSPS) is 15.9. The van der Waals surface area contributed by atoms with Crippen LogP contribution in [0, 0.1) is 6.92 Å². The zero-order chi connectivity index (χ0) is 27.0. The average molecular weight is 514 g/mol. The summed E-state index contributed by atoms with van der Waals surface area (Å²) in [7, 11) is 0. The number of alkyl carbamates (subject to hydrolysis) is 1. The molecule has 1 aromatic carbocycles. The fourth-order valence-corrected chi connectivity index (χ4v) is 4.48. The van der Waals surface area contributed by atoms with Gasteiger partial charge in [-0.25, -0.2) is 9.78 Å². The van der Waals surface area contributed by atoms with Gasteiger partial charge in [0.05, 0.1) is 10.9 Å². The highest BCUT2D eigenvalue weighted by Crippen LogP contribution is 2.23. The summed E-state index contributed by atoms with van der Waals surface area (Å²) >= 11 is 0. The number of hydrogen-bond acceptors (Lipinski definition) is 7. The zero-order valence-electron chi connectivity index (χ0n) is 22.3. The van der Waals surface area contributed by atoms with E-state index in [1.807, 2.05) is 32.9 Å². The van der Waals surface area contributed by atoms with Crippen LogP contribution in [-0.2, 0) is 14.3 Å². The fourth-order valence-electron chi connectivity index (χ4n) is 4.48. The van der Waals surface area contributed by atoms with Gasteiger partial charge in [-0.1, -0.05) is 31.7 Å². The third-order valence-electron chi connectivity index (χ3n) is 6.22. The highest BCUT2D eigenvalue weighted by Gasteiger charge is 2.30. The molecule has 0 saturated carbocycles. The van der Waals surface area contributed by atoms with Gasteiger partial charge >= 0.3 is 6.09 Å². The minimum absolute atomic E-state index is 0.195. The molecule has 202 valence electrons.